The molecule has 1 N–H and O–H groups in total. The van der Waals surface area contributed by atoms with Crippen molar-refractivity contribution in [3.63, 3.8) is 0 Å². The molecule has 170 valence electrons. The van der Waals surface area contributed by atoms with Crippen molar-refractivity contribution in [1.29, 1.82) is 5.26 Å². The summed E-state index contributed by atoms with van der Waals surface area (Å²) in [6.45, 7) is 4.73. The van der Waals surface area contributed by atoms with Crippen LogP contribution in [-0.2, 0) is 11.3 Å². The molecule has 4 rings (SSSR count). The number of nitrogens with one attached hydrogen (secondary N) is 1. The number of benzene rings is 2. The first-order chi connectivity index (χ1) is 15.9. The predicted octanol–water partition coefficient (Wildman–Crippen LogP) is 6.91. The van der Waals surface area contributed by atoms with Crippen LogP contribution in [0.25, 0.3) is 17.0 Å². The SMILES string of the molecule is Cc1c(/C=C(\C#N)C(=O)N[C@H]2CCCC[C@@H]2C)c2ccccc2n1Cc1ccc(Cl)cc1Cl. The molecule has 1 saturated carbocycles. The molecule has 1 aliphatic rings. The van der Waals surface area contributed by atoms with Crippen LogP contribution in [-0.4, -0.2) is 16.5 Å². The number of amides is 1. The van der Waals surface area contributed by atoms with Crippen LogP contribution >= 0.6 is 23.2 Å². The minimum atomic E-state index is -0.298. The average molecular weight is 480 g/mol. The van der Waals surface area contributed by atoms with Gasteiger partial charge in [0, 0.05) is 44.8 Å². The third-order valence-electron chi connectivity index (χ3n) is 6.70. The summed E-state index contributed by atoms with van der Waals surface area (Å²) in [4.78, 5) is 13.0. The van der Waals surface area contributed by atoms with E-state index in [9.17, 15) is 10.1 Å². The molecule has 2 atom stereocenters. The van der Waals surface area contributed by atoms with Crippen molar-refractivity contribution in [3.8, 4) is 6.07 Å². The van der Waals surface area contributed by atoms with Crippen LogP contribution in [0.2, 0.25) is 10.0 Å². The maximum atomic E-state index is 13.0. The predicted molar refractivity (Wildman–Crippen MR) is 135 cm³/mol. The number of hydrogen-bond acceptors (Lipinski definition) is 2. The minimum absolute atomic E-state index is 0.123. The monoisotopic (exact) mass is 479 g/mol. The summed E-state index contributed by atoms with van der Waals surface area (Å²) >= 11 is 12.5. The maximum Gasteiger partial charge on any atom is 0.262 e. The number of aromatic nitrogens is 1. The lowest BCUT2D eigenvalue weighted by atomic mass is 9.86. The van der Waals surface area contributed by atoms with Gasteiger partial charge in [0.05, 0.1) is 0 Å². The molecule has 1 heterocycles. The van der Waals surface area contributed by atoms with Gasteiger partial charge in [-0.3, -0.25) is 4.79 Å². The van der Waals surface area contributed by atoms with Gasteiger partial charge in [0.2, 0.25) is 0 Å². The second kappa shape index (κ2) is 10.0. The van der Waals surface area contributed by atoms with Crippen molar-refractivity contribution in [2.24, 2.45) is 5.92 Å². The third-order valence-corrected chi connectivity index (χ3v) is 7.29. The number of para-hydroxylation sites is 1. The van der Waals surface area contributed by atoms with Gasteiger partial charge in [-0.1, -0.05) is 67.2 Å². The maximum absolute atomic E-state index is 13.0. The van der Waals surface area contributed by atoms with E-state index >= 15 is 0 Å². The smallest absolute Gasteiger partial charge is 0.262 e. The van der Waals surface area contributed by atoms with Gasteiger partial charge in [-0.25, -0.2) is 0 Å². The average Bonchev–Trinajstić information content (AvgIpc) is 3.06. The van der Waals surface area contributed by atoms with Crippen molar-refractivity contribution < 1.29 is 4.79 Å². The molecule has 1 aromatic heterocycles. The Kier molecular flexibility index (Phi) is 7.12. The second-order valence-electron chi connectivity index (χ2n) is 8.85. The van der Waals surface area contributed by atoms with Crippen LogP contribution in [0.5, 0.6) is 0 Å². The number of nitriles is 1. The van der Waals surface area contributed by atoms with E-state index in [-0.39, 0.29) is 17.5 Å². The van der Waals surface area contributed by atoms with Gasteiger partial charge in [-0.2, -0.15) is 5.26 Å². The number of fused-ring (bicyclic) bond motifs is 1. The summed E-state index contributed by atoms with van der Waals surface area (Å²) in [7, 11) is 0. The number of rotatable bonds is 5. The molecular formula is C27H27Cl2N3O. The summed E-state index contributed by atoms with van der Waals surface area (Å²) < 4.78 is 2.16. The first-order valence-corrected chi connectivity index (χ1v) is 12.1. The quantitative estimate of drug-likeness (QED) is 0.319. The van der Waals surface area contributed by atoms with Crippen LogP contribution in [0.1, 0.15) is 49.4 Å². The summed E-state index contributed by atoms with van der Waals surface area (Å²) in [6, 6.07) is 15.8. The van der Waals surface area contributed by atoms with Gasteiger partial charge in [-0.05, 0) is 55.5 Å². The lowest BCUT2D eigenvalue weighted by molar-refractivity contribution is -0.118. The van der Waals surface area contributed by atoms with Crippen LogP contribution in [0, 0.1) is 24.2 Å². The molecule has 4 nitrogen and oxygen atoms in total. The van der Waals surface area contributed by atoms with Crippen molar-refractivity contribution in [3.05, 3.63) is 74.9 Å². The highest BCUT2D eigenvalue weighted by molar-refractivity contribution is 6.35. The normalized spacial score (nSPS) is 18.8. The van der Waals surface area contributed by atoms with Gasteiger partial charge in [0.25, 0.3) is 5.91 Å². The van der Waals surface area contributed by atoms with Crippen LogP contribution < -0.4 is 5.32 Å². The van der Waals surface area contributed by atoms with Crippen LogP contribution in [0.3, 0.4) is 0 Å². The van der Waals surface area contributed by atoms with Crippen molar-refractivity contribution >= 4 is 46.1 Å². The highest BCUT2D eigenvalue weighted by Gasteiger charge is 2.24. The van der Waals surface area contributed by atoms with E-state index in [4.69, 9.17) is 23.2 Å². The van der Waals surface area contributed by atoms with E-state index in [1.165, 1.54) is 6.42 Å². The van der Waals surface area contributed by atoms with Gasteiger partial charge < -0.3 is 9.88 Å². The Labute approximate surface area is 204 Å². The molecule has 1 aliphatic carbocycles. The fraction of sp³-hybridized carbons (Fsp3) is 0.333. The third kappa shape index (κ3) is 4.95. The molecule has 1 amide bonds. The van der Waals surface area contributed by atoms with Gasteiger partial charge >= 0.3 is 0 Å². The highest BCUT2D eigenvalue weighted by Crippen LogP contribution is 2.31. The molecule has 33 heavy (non-hydrogen) atoms. The molecule has 0 radical (unpaired) electrons. The van der Waals surface area contributed by atoms with E-state index in [2.05, 4.69) is 22.9 Å². The summed E-state index contributed by atoms with van der Waals surface area (Å²) in [6.07, 6.45) is 6.11. The van der Waals surface area contributed by atoms with E-state index in [1.807, 2.05) is 43.3 Å². The number of carbonyl (C=O) groups excluding carboxylic acids is 1. The van der Waals surface area contributed by atoms with E-state index in [0.717, 1.165) is 47.0 Å². The van der Waals surface area contributed by atoms with E-state index in [0.29, 0.717) is 22.5 Å². The zero-order valence-electron chi connectivity index (χ0n) is 18.9. The molecule has 6 heteroatoms. The van der Waals surface area contributed by atoms with Gasteiger partial charge in [0.15, 0.2) is 0 Å². The topological polar surface area (TPSA) is 57.8 Å². The minimum Gasteiger partial charge on any atom is -0.348 e. The Morgan fingerprint density at radius 2 is 1.97 bits per heavy atom. The Hall–Kier alpha value is -2.74. The Bertz CT molecular complexity index is 1270. The molecular weight excluding hydrogens is 453 g/mol. The van der Waals surface area contributed by atoms with Crippen molar-refractivity contribution in [1.82, 2.24) is 9.88 Å². The molecule has 0 aliphatic heterocycles. The zero-order chi connectivity index (χ0) is 23.5. The molecule has 0 spiro atoms. The lowest BCUT2D eigenvalue weighted by Gasteiger charge is -2.29. The van der Waals surface area contributed by atoms with Gasteiger partial charge in [-0.15, -0.1) is 0 Å². The number of hydrogen-bond donors (Lipinski definition) is 1. The molecule has 1 fully saturated rings. The Morgan fingerprint density at radius 1 is 1.21 bits per heavy atom. The van der Waals surface area contributed by atoms with Crippen LogP contribution in [0.4, 0.5) is 0 Å². The highest BCUT2D eigenvalue weighted by atomic mass is 35.5. The lowest BCUT2D eigenvalue weighted by Crippen LogP contribution is -2.41. The number of halogens is 2. The number of carbonyl (C=O) groups is 1. The first kappa shape index (κ1) is 23.4. The first-order valence-electron chi connectivity index (χ1n) is 11.3. The Balaban J connectivity index is 1.71. The standard InChI is InChI=1S/C27H27Cl2N3O/c1-17-7-3-5-9-25(17)31-27(33)20(15-30)13-23-18(2)32(26-10-6-4-8-22(23)26)16-19-11-12-21(28)14-24(19)29/h4,6,8,10-14,17,25H,3,5,7,9,16H2,1-2H3,(H,31,33)/b20-13+/t17-,25-/m0/s1. The molecule has 0 saturated heterocycles. The van der Waals surface area contributed by atoms with E-state index < -0.39 is 0 Å². The fourth-order valence-corrected chi connectivity index (χ4v) is 5.20. The van der Waals surface area contributed by atoms with E-state index in [1.54, 1.807) is 12.1 Å². The Morgan fingerprint density at radius 3 is 2.70 bits per heavy atom. The molecule has 2 aromatic carbocycles. The molecule has 3 aromatic rings. The number of nitrogens with zero attached hydrogens (tertiary/aromatic N) is 2. The fourth-order valence-electron chi connectivity index (χ4n) is 4.73. The van der Waals surface area contributed by atoms with Crippen LogP contribution in [0.15, 0.2) is 48.0 Å². The zero-order valence-corrected chi connectivity index (χ0v) is 20.4. The molecule has 0 bridgehead atoms. The molecule has 0 unspecified atom stereocenters. The van der Waals surface area contributed by atoms with Crippen molar-refractivity contribution in [2.75, 3.05) is 0 Å². The summed E-state index contributed by atoms with van der Waals surface area (Å²) in [5, 5.41) is 15.1. The summed E-state index contributed by atoms with van der Waals surface area (Å²) in [5.74, 6) is 0.128. The largest absolute Gasteiger partial charge is 0.348 e. The van der Waals surface area contributed by atoms with Gasteiger partial charge in [0.1, 0.15) is 11.6 Å². The summed E-state index contributed by atoms with van der Waals surface area (Å²) in [5.41, 5.74) is 3.94. The second-order valence-corrected chi connectivity index (χ2v) is 9.69. The van der Waals surface area contributed by atoms with Crippen molar-refractivity contribution in [2.45, 2.75) is 52.1 Å².